The van der Waals surface area contributed by atoms with Crippen molar-refractivity contribution in [2.75, 3.05) is 6.61 Å². The molecule has 20 heavy (non-hydrogen) atoms. The first-order valence-corrected chi connectivity index (χ1v) is 6.86. The number of ether oxygens (including phenoxy) is 2. The van der Waals surface area contributed by atoms with E-state index in [2.05, 4.69) is 6.92 Å². The van der Waals surface area contributed by atoms with Gasteiger partial charge in [0.1, 0.15) is 18.1 Å². The van der Waals surface area contributed by atoms with E-state index in [4.69, 9.17) is 9.47 Å². The maximum atomic E-state index is 9.36. The van der Waals surface area contributed by atoms with Crippen molar-refractivity contribution in [1.29, 1.82) is 0 Å². The van der Waals surface area contributed by atoms with Crippen molar-refractivity contribution in [3.63, 3.8) is 0 Å². The van der Waals surface area contributed by atoms with E-state index in [1.165, 1.54) is 0 Å². The molecule has 0 aliphatic heterocycles. The third-order valence-corrected chi connectivity index (χ3v) is 2.92. The molecule has 1 N–H and O–H groups in total. The number of hydrogen-bond acceptors (Lipinski definition) is 3. The van der Waals surface area contributed by atoms with E-state index in [1.54, 1.807) is 0 Å². The lowest BCUT2D eigenvalue weighted by Gasteiger charge is -2.12. The van der Waals surface area contributed by atoms with E-state index < -0.39 is 0 Å². The average molecular weight is 272 g/mol. The fourth-order valence-corrected chi connectivity index (χ4v) is 1.84. The number of rotatable bonds is 7. The van der Waals surface area contributed by atoms with Crippen LogP contribution < -0.4 is 9.47 Å². The third-order valence-electron chi connectivity index (χ3n) is 2.92. The Balaban J connectivity index is 2.07. The Hall–Kier alpha value is -2.00. The summed E-state index contributed by atoms with van der Waals surface area (Å²) in [6, 6.07) is 15.5. The lowest BCUT2D eigenvalue weighted by molar-refractivity contribution is 0.256. The van der Waals surface area contributed by atoms with Gasteiger partial charge in [0.05, 0.1) is 13.2 Å². The summed E-state index contributed by atoms with van der Waals surface area (Å²) in [6.45, 7) is 3.18. The molecule has 2 aromatic rings. The molecule has 3 heteroatoms. The minimum atomic E-state index is -0.0435. The predicted octanol–water partition coefficient (Wildman–Crippen LogP) is 3.55. The van der Waals surface area contributed by atoms with Crippen molar-refractivity contribution >= 4 is 0 Å². The van der Waals surface area contributed by atoms with Crippen LogP contribution in [-0.2, 0) is 13.2 Å². The van der Waals surface area contributed by atoms with Gasteiger partial charge in [0.25, 0.3) is 0 Å². The smallest absolute Gasteiger partial charge is 0.129 e. The van der Waals surface area contributed by atoms with Crippen molar-refractivity contribution in [2.45, 2.75) is 26.6 Å². The molecule has 0 aliphatic rings. The van der Waals surface area contributed by atoms with E-state index in [9.17, 15) is 5.11 Å². The third kappa shape index (κ3) is 4.00. The topological polar surface area (TPSA) is 38.7 Å². The molecular weight excluding hydrogens is 252 g/mol. The molecule has 0 bridgehead atoms. The molecule has 0 aromatic heterocycles. The number of benzene rings is 2. The van der Waals surface area contributed by atoms with Crippen molar-refractivity contribution in [1.82, 2.24) is 0 Å². The number of hydrogen-bond donors (Lipinski definition) is 1. The van der Waals surface area contributed by atoms with Gasteiger partial charge in [-0.15, -0.1) is 0 Å². The molecule has 0 spiro atoms. The van der Waals surface area contributed by atoms with Gasteiger partial charge in [-0.3, -0.25) is 0 Å². The van der Waals surface area contributed by atoms with Crippen LogP contribution in [0.5, 0.6) is 11.5 Å². The van der Waals surface area contributed by atoms with Crippen LogP contribution in [0.1, 0.15) is 24.5 Å². The zero-order valence-electron chi connectivity index (χ0n) is 11.7. The highest BCUT2D eigenvalue weighted by atomic mass is 16.5. The predicted molar refractivity (Wildman–Crippen MR) is 78.9 cm³/mol. The molecule has 0 aliphatic carbocycles. The van der Waals surface area contributed by atoms with Gasteiger partial charge in [0.2, 0.25) is 0 Å². The SMILES string of the molecule is CCCOc1ccc(CO)c(OCc2ccccc2)c1. The van der Waals surface area contributed by atoms with E-state index in [0.717, 1.165) is 23.3 Å². The minimum Gasteiger partial charge on any atom is -0.493 e. The van der Waals surface area contributed by atoms with Crippen LogP contribution in [0.15, 0.2) is 48.5 Å². The fraction of sp³-hybridized carbons (Fsp3) is 0.294. The Bertz CT molecular complexity index is 523. The summed E-state index contributed by atoms with van der Waals surface area (Å²) in [5.74, 6) is 1.44. The minimum absolute atomic E-state index is 0.0435. The van der Waals surface area contributed by atoms with Crippen LogP contribution in [0.2, 0.25) is 0 Å². The van der Waals surface area contributed by atoms with Gasteiger partial charge in [0, 0.05) is 11.6 Å². The summed E-state index contributed by atoms with van der Waals surface area (Å²) in [6.07, 6.45) is 0.960. The molecule has 0 atom stereocenters. The van der Waals surface area contributed by atoms with Crippen molar-refractivity contribution in [3.05, 3.63) is 59.7 Å². The largest absolute Gasteiger partial charge is 0.493 e. The highest BCUT2D eigenvalue weighted by Crippen LogP contribution is 2.26. The summed E-state index contributed by atoms with van der Waals surface area (Å²) >= 11 is 0. The van der Waals surface area contributed by atoms with E-state index in [0.29, 0.717) is 19.0 Å². The molecule has 0 unspecified atom stereocenters. The molecule has 0 amide bonds. The lowest BCUT2D eigenvalue weighted by atomic mass is 10.2. The van der Waals surface area contributed by atoms with E-state index in [-0.39, 0.29) is 6.61 Å². The van der Waals surface area contributed by atoms with Crippen LogP contribution in [0.3, 0.4) is 0 Å². The first-order chi connectivity index (χ1) is 9.83. The molecule has 0 saturated carbocycles. The number of aliphatic hydroxyl groups excluding tert-OH is 1. The van der Waals surface area contributed by atoms with Gasteiger partial charge >= 0.3 is 0 Å². The Labute approximate surface area is 119 Å². The molecule has 0 fully saturated rings. The van der Waals surface area contributed by atoms with Crippen LogP contribution >= 0.6 is 0 Å². The van der Waals surface area contributed by atoms with Crippen LogP contribution in [0, 0.1) is 0 Å². The maximum absolute atomic E-state index is 9.36. The molecule has 0 radical (unpaired) electrons. The van der Waals surface area contributed by atoms with Crippen LogP contribution in [-0.4, -0.2) is 11.7 Å². The van der Waals surface area contributed by atoms with Crippen LogP contribution in [0.25, 0.3) is 0 Å². The van der Waals surface area contributed by atoms with Crippen molar-refractivity contribution in [3.8, 4) is 11.5 Å². The highest BCUT2D eigenvalue weighted by molar-refractivity contribution is 5.40. The molecule has 0 saturated heterocycles. The quantitative estimate of drug-likeness (QED) is 0.837. The van der Waals surface area contributed by atoms with Crippen molar-refractivity contribution in [2.24, 2.45) is 0 Å². The highest BCUT2D eigenvalue weighted by Gasteiger charge is 2.06. The molecular formula is C17H20O3. The second-order valence-electron chi connectivity index (χ2n) is 4.55. The Morgan fingerprint density at radius 3 is 2.50 bits per heavy atom. The standard InChI is InChI=1S/C17H20O3/c1-2-10-19-16-9-8-15(12-18)17(11-16)20-13-14-6-4-3-5-7-14/h3-9,11,18H,2,10,12-13H2,1H3. The van der Waals surface area contributed by atoms with Crippen LogP contribution in [0.4, 0.5) is 0 Å². The van der Waals surface area contributed by atoms with E-state index >= 15 is 0 Å². The van der Waals surface area contributed by atoms with Gasteiger partial charge in [-0.1, -0.05) is 37.3 Å². The molecule has 2 aromatic carbocycles. The van der Waals surface area contributed by atoms with Crippen molar-refractivity contribution < 1.29 is 14.6 Å². The summed E-state index contributed by atoms with van der Waals surface area (Å²) in [5.41, 5.74) is 1.86. The van der Waals surface area contributed by atoms with Gasteiger partial charge in [-0.2, -0.15) is 0 Å². The summed E-state index contributed by atoms with van der Waals surface area (Å²) in [7, 11) is 0. The van der Waals surface area contributed by atoms with Gasteiger partial charge in [-0.25, -0.2) is 0 Å². The fourth-order valence-electron chi connectivity index (χ4n) is 1.84. The normalized spacial score (nSPS) is 10.3. The Morgan fingerprint density at radius 1 is 1.00 bits per heavy atom. The van der Waals surface area contributed by atoms with Gasteiger partial charge < -0.3 is 14.6 Å². The Kier molecular flexibility index (Phi) is 5.44. The van der Waals surface area contributed by atoms with E-state index in [1.807, 2.05) is 48.5 Å². The zero-order valence-corrected chi connectivity index (χ0v) is 11.7. The Morgan fingerprint density at radius 2 is 1.80 bits per heavy atom. The monoisotopic (exact) mass is 272 g/mol. The maximum Gasteiger partial charge on any atom is 0.129 e. The second-order valence-corrected chi connectivity index (χ2v) is 4.55. The average Bonchev–Trinajstić information content (AvgIpc) is 2.52. The first-order valence-electron chi connectivity index (χ1n) is 6.86. The number of aliphatic hydroxyl groups is 1. The zero-order chi connectivity index (χ0) is 14.2. The summed E-state index contributed by atoms with van der Waals surface area (Å²) in [4.78, 5) is 0. The molecule has 2 rings (SSSR count). The summed E-state index contributed by atoms with van der Waals surface area (Å²) < 4.78 is 11.4. The van der Waals surface area contributed by atoms with Gasteiger partial charge in [-0.05, 0) is 24.1 Å². The first kappa shape index (κ1) is 14.4. The lowest BCUT2D eigenvalue weighted by Crippen LogP contribution is -2.00. The molecule has 0 heterocycles. The van der Waals surface area contributed by atoms with Gasteiger partial charge in [0.15, 0.2) is 0 Å². The molecule has 3 nitrogen and oxygen atoms in total. The summed E-state index contributed by atoms with van der Waals surface area (Å²) in [5, 5.41) is 9.36. The molecule has 106 valence electrons. The second kappa shape index (κ2) is 7.56.